The molecule has 4 rings (SSSR count). The van der Waals surface area contributed by atoms with Crippen LogP contribution < -0.4 is 15.4 Å². The number of amides is 1. The highest BCUT2D eigenvalue weighted by Gasteiger charge is 2.27. The summed E-state index contributed by atoms with van der Waals surface area (Å²) in [6.07, 6.45) is 4.57. The van der Waals surface area contributed by atoms with Gasteiger partial charge in [-0.2, -0.15) is 5.10 Å². The standard InChI is InChI=1S/C23H31N7O3S.ClH/c1-5-20(28(3)23(31)17-8-6-7-9-18(17)27-34(4,32)33)19-12-21-25-22(15(2)13-30(21)26-19)29-11-10-16(24)14-29;/h6-9,12-13,16,20,27H,5,10-11,14,24H2,1-4H3;1H/t16-,20-;/m0./s1. The number of benzene rings is 1. The number of fused-ring (bicyclic) bond motifs is 1. The Hall–Kier alpha value is -2.89. The Morgan fingerprint density at radius 2 is 2.06 bits per heavy atom. The van der Waals surface area contributed by atoms with Gasteiger partial charge in [-0.3, -0.25) is 9.52 Å². The maximum atomic E-state index is 13.4. The number of carbonyl (C=O) groups is 1. The lowest BCUT2D eigenvalue weighted by molar-refractivity contribution is 0.0723. The van der Waals surface area contributed by atoms with Crippen molar-refractivity contribution in [2.45, 2.75) is 38.8 Å². The van der Waals surface area contributed by atoms with E-state index in [0.717, 1.165) is 37.1 Å². The first-order valence-corrected chi connectivity index (χ1v) is 13.2. The molecular weight excluding hydrogens is 490 g/mol. The molecule has 3 aromatic rings. The van der Waals surface area contributed by atoms with Gasteiger partial charge in [-0.25, -0.2) is 17.9 Å². The average Bonchev–Trinajstić information content (AvgIpc) is 3.38. The van der Waals surface area contributed by atoms with E-state index in [9.17, 15) is 13.2 Å². The third kappa shape index (κ3) is 5.68. The summed E-state index contributed by atoms with van der Waals surface area (Å²) in [6.45, 7) is 5.64. The maximum Gasteiger partial charge on any atom is 0.256 e. The summed E-state index contributed by atoms with van der Waals surface area (Å²) in [5.41, 5.74) is 9.03. The van der Waals surface area contributed by atoms with Crippen LogP contribution in [0.3, 0.4) is 0 Å². The summed E-state index contributed by atoms with van der Waals surface area (Å²) in [5, 5.41) is 4.71. The van der Waals surface area contributed by atoms with Gasteiger partial charge >= 0.3 is 0 Å². The fraction of sp³-hybridized carbons (Fsp3) is 0.435. The molecule has 3 heterocycles. The van der Waals surface area contributed by atoms with Crippen LogP contribution in [0.5, 0.6) is 0 Å². The number of hydrogen-bond donors (Lipinski definition) is 2. The van der Waals surface area contributed by atoms with Crippen LogP contribution in [-0.2, 0) is 10.0 Å². The van der Waals surface area contributed by atoms with Gasteiger partial charge in [0.15, 0.2) is 5.65 Å². The Balaban J connectivity index is 0.00000342. The number of aryl methyl sites for hydroxylation is 1. The summed E-state index contributed by atoms with van der Waals surface area (Å²) in [7, 11) is -1.83. The Morgan fingerprint density at radius 1 is 1.34 bits per heavy atom. The molecule has 0 unspecified atom stereocenters. The van der Waals surface area contributed by atoms with E-state index in [4.69, 9.17) is 15.8 Å². The van der Waals surface area contributed by atoms with E-state index in [1.165, 1.54) is 0 Å². The molecule has 12 heteroatoms. The summed E-state index contributed by atoms with van der Waals surface area (Å²) < 4.78 is 27.7. The first-order chi connectivity index (χ1) is 16.1. The molecule has 35 heavy (non-hydrogen) atoms. The fourth-order valence-corrected chi connectivity index (χ4v) is 5.03. The highest BCUT2D eigenvalue weighted by atomic mass is 35.5. The van der Waals surface area contributed by atoms with Gasteiger partial charge in [0.05, 0.1) is 29.2 Å². The normalized spacial score (nSPS) is 16.7. The average molecular weight is 522 g/mol. The van der Waals surface area contributed by atoms with E-state index < -0.39 is 10.0 Å². The zero-order chi connectivity index (χ0) is 24.6. The van der Waals surface area contributed by atoms with Crippen LogP contribution in [0.4, 0.5) is 11.5 Å². The summed E-state index contributed by atoms with van der Waals surface area (Å²) in [4.78, 5) is 22.0. The number of nitrogens with zero attached hydrogens (tertiary/aromatic N) is 5. The molecule has 0 saturated carbocycles. The predicted molar refractivity (Wildman–Crippen MR) is 140 cm³/mol. The fourth-order valence-electron chi connectivity index (χ4n) is 4.45. The monoisotopic (exact) mass is 521 g/mol. The molecule has 190 valence electrons. The second-order valence-electron chi connectivity index (χ2n) is 8.87. The van der Waals surface area contributed by atoms with Gasteiger partial charge in [-0.1, -0.05) is 19.1 Å². The number of sulfonamides is 1. The zero-order valence-electron chi connectivity index (χ0n) is 20.3. The molecule has 0 aliphatic carbocycles. The second kappa shape index (κ2) is 10.4. The number of rotatable bonds is 7. The Bertz CT molecular complexity index is 1330. The number of anilines is 2. The lowest BCUT2D eigenvalue weighted by Crippen LogP contribution is -2.32. The van der Waals surface area contributed by atoms with Crippen molar-refractivity contribution in [1.29, 1.82) is 0 Å². The van der Waals surface area contributed by atoms with Crippen molar-refractivity contribution in [3.63, 3.8) is 0 Å². The van der Waals surface area contributed by atoms with E-state index in [2.05, 4.69) is 9.62 Å². The highest BCUT2D eigenvalue weighted by Crippen LogP contribution is 2.28. The SMILES string of the molecule is CC[C@@H](c1cc2nc(N3CC[C@H](N)C3)c(C)cn2n1)N(C)C(=O)c1ccccc1NS(C)(=O)=O.Cl. The van der Waals surface area contributed by atoms with E-state index >= 15 is 0 Å². The lowest BCUT2D eigenvalue weighted by Gasteiger charge is -2.26. The van der Waals surface area contributed by atoms with Crippen LogP contribution in [0.1, 0.15) is 47.4 Å². The van der Waals surface area contributed by atoms with Crippen LogP contribution in [0, 0.1) is 6.92 Å². The third-order valence-corrected chi connectivity index (χ3v) is 6.71. The summed E-state index contributed by atoms with van der Waals surface area (Å²) >= 11 is 0. The molecule has 3 N–H and O–H groups in total. The molecule has 1 fully saturated rings. The number of halogens is 1. The predicted octanol–water partition coefficient (Wildman–Crippen LogP) is 2.59. The number of nitrogens with two attached hydrogens (primary N) is 1. The molecule has 1 saturated heterocycles. The topological polar surface area (TPSA) is 126 Å². The van der Waals surface area contributed by atoms with Gasteiger partial charge in [0.25, 0.3) is 5.91 Å². The molecule has 0 spiro atoms. The van der Waals surface area contributed by atoms with Crippen LogP contribution >= 0.6 is 12.4 Å². The first kappa shape index (κ1) is 26.7. The number of para-hydroxylation sites is 1. The first-order valence-electron chi connectivity index (χ1n) is 11.3. The minimum Gasteiger partial charge on any atom is -0.355 e. The van der Waals surface area contributed by atoms with Crippen LogP contribution in [-0.4, -0.2) is 66.3 Å². The molecule has 2 atom stereocenters. The van der Waals surface area contributed by atoms with Gasteiger partial charge in [0.2, 0.25) is 10.0 Å². The number of aromatic nitrogens is 3. The van der Waals surface area contributed by atoms with Crippen molar-refractivity contribution in [3.05, 3.63) is 53.3 Å². The Morgan fingerprint density at radius 3 is 2.69 bits per heavy atom. The van der Waals surface area contributed by atoms with Crippen molar-refractivity contribution in [2.75, 3.05) is 36.0 Å². The van der Waals surface area contributed by atoms with E-state index in [-0.39, 0.29) is 41.6 Å². The van der Waals surface area contributed by atoms with Gasteiger partial charge in [-0.05, 0) is 31.9 Å². The van der Waals surface area contributed by atoms with Crippen LogP contribution in [0.2, 0.25) is 0 Å². The third-order valence-electron chi connectivity index (χ3n) is 6.12. The maximum absolute atomic E-state index is 13.4. The molecule has 1 aliphatic rings. The molecule has 1 aliphatic heterocycles. The van der Waals surface area contributed by atoms with Crippen LogP contribution in [0.15, 0.2) is 36.5 Å². The van der Waals surface area contributed by atoms with Crippen LogP contribution in [0.25, 0.3) is 5.65 Å². The molecular formula is C23H32ClN7O3S. The van der Waals surface area contributed by atoms with E-state index in [0.29, 0.717) is 17.8 Å². The van der Waals surface area contributed by atoms with E-state index in [1.807, 2.05) is 26.1 Å². The van der Waals surface area contributed by atoms with Gasteiger partial charge in [0.1, 0.15) is 5.82 Å². The molecule has 2 aromatic heterocycles. The lowest BCUT2D eigenvalue weighted by atomic mass is 10.1. The number of hydrogen-bond acceptors (Lipinski definition) is 7. The Labute approximate surface area is 212 Å². The summed E-state index contributed by atoms with van der Waals surface area (Å²) in [6, 6.07) is 8.32. The van der Waals surface area contributed by atoms with Crippen molar-refractivity contribution in [3.8, 4) is 0 Å². The van der Waals surface area contributed by atoms with Gasteiger partial charge in [-0.15, -0.1) is 12.4 Å². The van der Waals surface area contributed by atoms with Gasteiger partial charge in [0, 0.05) is 44.0 Å². The van der Waals surface area contributed by atoms with Crippen molar-refractivity contribution in [2.24, 2.45) is 5.73 Å². The largest absolute Gasteiger partial charge is 0.355 e. The van der Waals surface area contributed by atoms with Crippen molar-refractivity contribution in [1.82, 2.24) is 19.5 Å². The molecule has 0 radical (unpaired) electrons. The molecule has 1 amide bonds. The van der Waals surface area contributed by atoms with Crippen molar-refractivity contribution >= 4 is 45.5 Å². The number of nitrogens with one attached hydrogen (secondary N) is 1. The highest BCUT2D eigenvalue weighted by molar-refractivity contribution is 7.92. The minimum atomic E-state index is -3.53. The van der Waals surface area contributed by atoms with Gasteiger partial charge < -0.3 is 15.5 Å². The molecule has 10 nitrogen and oxygen atoms in total. The quantitative estimate of drug-likeness (QED) is 0.489. The Kier molecular flexibility index (Phi) is 7.93. The smallest absolute Gasteiger partial charge is 0.256 e. The zero-order valence-corrected chi connectivity index (χ0v) is 21.9. The molecule has 0 bridgehead atoms. The summed E-state index contributed by atoms with van der Waals surface area (Å²) in [5.74, 6) is 0.608. The van der Waals surface area contributed by atoms with E-state index in [1.54, 1.807) is 40.7 Å². The number of carbonyl (C=O) groups excluding carboxylic acids is 1. The minimum absolute atomic E-state index is 0. The molecule has 1 aromatic carbocycles. The van der Waals surface area contributed by atoms with Crippen molar-refractivity contribution < 1.29 is 13.2 Å². The second-order valence-corrected chi connectivity index (χ2v) is 10.6.